The smallest absolute Gasteiger partial charge is 0.241 e. The van der Waals surface area contributed by atoms with Gasteiger partial charge in [-0.15, -0.1) is 12.3 Å². The van der Waals surface area contributed by atoms with Gasteiger partial charge >= 0.3 is 0 Å². The van der Waals surface area contributed by atoms with Crippen LogP contribution in [0.4, 0.5) is 0 Å². The molecule has 2 N–H and O–H groups in total. The van der Waals surface area contributed by atoms with Crippen LogP contribution < -0.4 is 5.73 Å². The molecule has 12 heavy (non-hydrogen) atoms. The summed E-state index contributed by atoms with van der Waals surface area (Å²) < 4.78 is 0. The Kier molecular flexibility index (Phi) is 3.12. The van der Waals surface area contributed by atoms with Crippen LogP contribution in [-0.4, -0.2) is 29.9 Å². The van der Waals surface area contributed by atoms with Gasteiger partial charge in [-0.1, -0.05) is 0 Å². The number of nitrogens with two attached hydrogens (primary N) is 1. The molecule has 1 unspecified atom stereocenters. The number of terminal acetylenes is 1. The van der Waals surface area contributed by atoms with Gasteiger partial charge in [0.05, 0.1) is 0 Å². The Morgan fingerprint density at radius 1 is 1.67 bits per heavy atom. The Morgan fingerprint density at radius 2 is 2.42 bits per heavy atom. The molecule has 0 aromatic rings. The van der Waals surface area contributed by atoms with Gasteiger partial charge in [-0.25, -0.2) is 0 Å². The highest BCUT2D eigenvalue weighted by atomic mass is 16.2. The van der Waals surface area contributed by atoms with Crippen molar-refractivity contribution < 1.29 is 4.79 Å². The highest BCUT2D eigenvalue weighted by Gasteiger charge is 2.32. The minimum atomic E-state index is -0.238. The Bertz CT molecular complexity index is 207. The minimum Gasteiger partial charge on any atom is -0.339 e. The van der Waals surface area contributed by atoms with Crippen molar-refractivity contribution in [2.75, 3.05) is 13.1 Å². The third-order valence-electron chi connectivity index (χ3n) is 2.05. The molecule has 3 heteroatoms. The second kappa shape index (κ2) is 4.13. The number of likely N-dealkylation sites (tertiary alicyclic amines) is 1. The van der Waals surface area contributed by atoms with Gasteiger partial charge in [-0.3, -0.25) is 4.79 Å². The average molecular weight is 166 g/mol. The molecule has 1 rings (SSSR count). The van der Waals surface area contributed by atoms with E-state index in [4.69, 9.17) is 12.2 Å². The van der Waals surface area contributed by atoms with Crippen LogP contribution in [0.25, 0.3) is 0 Å². The third-order valence-corrected chi connectivity index (χ3v) is 2.05. The van der Waals surface area contributed by atoms with Crippen molar-refractivity contribution in [1.82, 2.24) is 4.90 Å². The molecule has 66 valence electrons. The van der Waals surface area contributed by atoms with E-state index < -0.39 is 0 Å². The van der Waals surface area contributed by atoms with E-state index in [-0.39, 0.29) is 11.9 Å². The maximum atomic E-state index is 11.0. The fraction of sp³-hybridized carbons (Fsp3) is 0.667. The Hall–Kier alpha value is -1.01. The molecule has 3 nitrogen and oxygen atoms in total. The molecule has 1 fully saturated rings. The number of β-lactam (4-membered cyclic amide) rings is 1. The molecule has 1 amide bonds. The molecular weight excluding hydrogens is 152 g/mol. The lowest BCUT2D eigenvalue weighted by Gasteiger charge is -2.36. The fourth-order valence-corrected chi connectivity index (χ4v) is 1.26. The molecular formula is C9H14N2O. The quantitative estimate of drug-likeness (QED) is 0.362. The molecule has 1 heterocycles. The summed E-state index contributed by atoms with van der Waals surface area (Å²) in [6.45, 7) is 1.53. The Labute approximate surface area is 72.9 Å². The van der Waals surface area contributed by atoms with Crippen LogP contribution in [0.1, 0.15) is 19.3 Å². The first-order valence-corrected chi connectivity index (χ1v) is 4.23. The zero-order valence-corrected chi connectivity index (χ0v) is 7.12. The number of amides is 1. The van der Waals surface area contributed by atoms with Crippen molar-refractivity contribution >= 4 is 5.91 Å². The van der Waals surface area contributed by atoms with Crippen LogP contribution >= 0.6 is 0 Å². The lowest BCUT2D eigenvalue weighted by atomic mass is 10.1. The van der Waals surface area contributed by atoms with Crippen LogP contribution in [0.5, 0.6) is 0 Å². The predicted molar refractivity (Wildman–Crippen MR) is 47.2 cm³/mol. The van der Waals surface area contributed by atoms with E-state index in [2.05, 4.69) is 5.92 Å². The molecule has 1 aliphatic heterocycles. The molecule has 0 bridgehead atoms. The Morgan fingerprint density at radius 3 is 2.92 bits per heavy atom. The van der Waals surface area contributed by atoms with Crippen molar-refractivity contribution in [1.29, 1.82) is 0 Å². The first-order valence-electron chi connectivity index (χ1n) is 4.23. The maximum absolute atomic E-state index is 11.0. The van der Waals surface area contributed by atoms with Gasteiger partial charge in [0.2, 0.25) is 5.91 Å². The summed E-state index contributed by atoms with van der Waals surface area (Å²) in [4.78, 5) is 12.8. The summed E-state index contributed by atoms with van der Waals surface area (Å²) in [5, 5.41) is 0. The third kappa shape index (κ3) is 1.99. The van der Waals surface area contributed by atoms with Gasteiger partial charge in [0.1, 0.15) is 6.04 Å². The number of carbonyl (C=O) groups excluding carboxylic acids is 1. The van der Waals surface area contributed by atoms with Crippen molar-refractivity contribution in [3.63, 3.8) is 0 Å². The molecule has 1 atom stereocenters. The van der Waals surface area contributed by atoms with Crippen molar-refractivity contribution in [3.8, 4) is 12.3 Å². The molecule has 1 aliphatic rings. The first-order chi connectivity index (χ1) is 5.75. The van der Waals surface area contributed by atoms with E-state index in [1.165, 1.54) is 0 Å². The maximum Gasteiger partial charge on any atom is 0.241 e. The molecule has 0 aromatic heterocycles. The highest BCUT2D eigenvalue weighted by molar-refractivity contribution is 5.87. The Balaban J connectivity index is 2.03. The van der Waals surface area contributed by atoms with Crippen molar-refractivity contribution in [3.05, 3.63) is 0 Å². The summed E-state index contributed by atoms with van der Waals surface area (Å²) >= 11 is 0. The predicted octanol–water partition coefficient (Wildman–Crippen LogP) is -0.0406. The van der Waals surface area contributed by atoms with Gasteiger partial charge in [0.25, 0.3) is 0 Å². The van der Waals surface area contributed by atoms with Crippen LogP contribution in [0, 0.1) is 12.3 Å². The van der Waals surface area contributed by atoms with Gasteiger partial charge in [0.15, 0.2) is 0 Å². The normalized spacial score (nSPS) is 21.8. The number of hydrogen-bond acceptors (Lipinski definition) is 2. The molecule has 0 aliphatic carbocycles. The van der Waals surface area contributed by atoms with Gasteiger partial charge in [-0.05, 0) is 12.8 Å². The standard InChI is InChI=1S/C9H14N2O/c1-2-3-4-5-6-11-7-8(10)9(11)12/h1,8H,3-7,10H2. The lowest BCUT2D eigenvalue weighted by Crippen LogP contribution is -2.60. The molecule has 0 spiro atoms. The van der Waals surface area contributed by atoms with Crippen LogP contribution in [0.3, 0.4) is 0 Å². The van der Waals surface area contributed by atoms with E-state index in [9.17, 15) is 4.79 Å². The zero-order chi connectivity index (χ0) is 8.97. The van der Waals surface area contributed by atoms with Crippen LogP contribution in [-0.2, 0) is 4.79 Å². The summed E-state index contributed by atoms with van der Waals surface area (Å²) in [7, 11) is 0. The zero-order valence-electron chi connectivity index (χ0n) is 7.12. The topological polar surface area (TPSA) is 46.3 Å². The van der Waals surface area contributed by atoms with E-state index in [1.54, 1.807) is 4.90 Å². The monoisotopic (exact) mass is 166 g/mol. The number of unbranched alkanes of at least 4 members (excludes halogenated alkanes) is 2. The largest absolute Gasteiger partial charge is 0.339 e. The fourth-order valence-electron chi connectivity index (χ4n) is 1.26. The average Bonchev–Trinajstić information content (AvgIpc) is 2.10. The molecule has 1 saturated heterocycles. The van der Waals surface area contributed by atoms with E-state index in [0.29, 0.717) is 0 Å². The van der Waals surface area contributed by atoms with Gasteiger partial charge in [-0.2, -0.15) is 0 Å². The van der Waals surface area contributed by atoms with Crippen LogP contribution in [0.15, 0.2) is 0 Å². The molecule has 0 aromatic carbocycles. The number of carbonyl (C=O) groups is 1. The number of rotatable bonds is 4. The van der Waals surface area contributed by atoms with Gasteiger partial charge < -0.3 is 10.6 Å². The number of nitrogens with zero attached hydrogens (tertiary/aromatic N) is 1. The van der Waals surface area contributed by atoms with Gasteiger partial charge in [0, 0.05) is 19.5 Å². The first kappa shape index (κ1) is 9.08. The summed E-state index contributed by atoms with van der Waals surface area (Å²) in [6, 6.07) is -0.238. The summed E-state index contributed by atoms with van der Waals surface area (Å²) in [6.07, 6.45) is 7.87. The second-order valence-corrected chi connectivity index (χ2v) is 3.05. The van der Waals surface area contributed by atoms with Crippen molar-refractivity contribution in [2.24, 2.45) is 5.73 Å². The SMILES string of the molecule is C#CCCCCN1CC(N)C1=O. The summed E-state index contributed by atoms with van der Waals surface area (Å²) in [5.74, 6) is 2.65. The number of hydrogen-bond donors (Lipinski definition) is 1. The lowest BCUT2D eigenvalue weighted by molar-refractivity contribution is -0.142. The molecule has 0 saturated carbocycles. The van der Waals surface area contributed by atoms with E-state index >= 15 is 0 Å². The highest BCUT2D eigenvalue weighted by Crippen LogP contribution is 2.09. The molecule has 0 radical (unpaired) electrons. The summed E-state index contributed by atoms with van der Waals surface area (Å²) in [5.41, 5.74) is 5.42. The van der Waals surface area contributed by atoms with E-state index in [1.807, 2.05) is 0 Å². The van der Waals surface area contributed by atoms with Crippen LogP contribution in [0.2, 0.25) is 0 Å². The minimum absolute atomic E-state index is 0.0794. The van der Waals surface area contributed by atoms with Crippen molar-refractivity contribution in [2.45, 2.75) is 25.3 Å². The van der Waals surface area contributed by atoms with E-state index in [0.717, 1.165) is 32.4 Å². The second-order valence-electron chi connectivity index (χ2n) is 3.05.